The van der Waals surface area contributed by atoms with Crippen molar-refractivity contribution in [3.63, 3.8) is 0 Å². The molecule has 0 aromatic rings. The molecule has 25 heavy (non-hydrogen) atoms. The average molecular weight is 349 g/mol. The lowest BCUT2D eigenvalue weighted by atomic mass is 9.86. The van der Waals surface area contributed by atoms with Crippen LogP contribution in [-0.4, -0.2) is 53.7 Å². The van der Waals surface area contributed by atoms with Crippen molar-refractivity contribution in [3.8, 4) is 0 Å². The number of carbonyl (C=O) groups excluding carboxylic acids is 3. The Hall–Kier alpha value is -1.69. The number of nitrogens with one attached hydrogen (secondary N) is 2. The normalized spacial score (nSPS) is 29.9. The van der Waals surface area contributed by atoms with Crippen LogP contribution in [-0.2, 0) is 14.4 Å². The maximum atomic E-state index is 13.0. The molecule has 1 aliphatic heterocycles. The Kier molecular flexibility index (Phi) is 5.42. The molecule has 140 valence electrons. The van der Waals surface area contributed by atoms with Crippen LogP contribution in [0.25, 0.3) is 0 Å². The summed E-state index contributed by atoms with van der Waals surface area (Å²) in [5.74, 6) is -0.349. The standard InChI is InChI=1S/C19H31N3O3/c1-7-13-11-19(13,12(2)23)21-16(24)14-9-8-10-22(14)17(25)15(20-6)18(3,4)5/h7,13-15,20H,1,8-11H2,2-6H3,(H,21,24)/t13?,14-,15+,19-/m0/s1. The van der Waals surface area contributed by atoms with Gasteiger partial charge in [-0.15, -0.1) is 6.58 Å². The number of likely N-dealkylation sites (N-methyl/N-ethyl adjacent to an activating group) is 1. The fourth-order valence-electron chi connectivity index (χ4n) is 3.91. The summed E-state index contributed by atoms with van der Waals surface area (Å²) in [5, 5.41) is 6.00. The van der Waals surface area contributed by atoms with Gasteiger partial charge in [-0.2, -0.15) is 0 Å². The van der Waals surface area contributed by atoms with E-state index in [-0.39, 0.29) is 35.0 Å². The van der Waals surface area contributed by atoms with Crippen LogP contribution in [0.5, 0.6) is 0 Å². The molecule has 2 N–H and O–H groups in total. The van der Waals surface area contributed by atoms with Crippen molar-refractivity contribution in [1.82, 2.24) is 15.5 Å². The molecule has 4 atom stereocenters. The number of hydrogen-bond donors (Lipinski definition) is 2. The molecule has 2 rings (SSSR count). The predicted octanol–water partition coefficient (Wildman–Crippen LogP) is 1.26. The van der Waals surface area contributed by atoms with E-state index in [1.807, 2.05) is 20.8 Å². The third-order valence-corrected chi connectivity index (χ3v) is 5.51. The van der Waals surface area contributed by atoms with Gasteiger partial charge in [0.15, 0.2) is 5.78 Å². The van der Waals surface area contributed by atoms with Crippen LogP contribution in [0.15, 0.2) is 12.7 Å². The molecule has 1 heterocycles. The number of Topliss-reactive ketones (excluding diaryl/α,β-unsaturated/α-hetero) is 1. The largest absolute Gasteiger partial charge is 0.341 e. The van der Waals surface area contributed by atoms with Crippen LogP contribution in [0, 0.1) is 11.3 Å². The van der Waals surface area contributed by atoms with Gasteiger partial charge in [-0.25, -0.2) is 0 Å². The van der Waals surface area contributed by atoms with E-state index in [4.69, 9.17) is 0 Å². The lowest BCUT2D eigenvalue weighted by Crippen LogP contribution is -2.57. The average Bonchev–Trinajstić information content (AvgIpc) is 3.01. The van der Waals surface area contributed by atoms with Crippen molar-refractivity contribution in [2.24, 2.45) is 11.3 Å². The van der Waals surface area contributed by atoms with E-state index in [0.29, 0.717) is 19.4 Å². The molecule has 0 aromatic heterocycles. The summed E-state index contributed by atoms with van der Waals surface area (Å²) in [6.07, 6.45) is 3.74. The number of nitrogens with zero attached hydrogens (tertiary/aromatic N) is 1. The van der Waals surface area contributed by atoms with Crippen LogP contribution in [0.2, 0.25) is 0 Å². The van der Waals surface area contributed by atoms with Crippen molar-refractivity contribution >= 4 is 17.6 Å². The second kappa shape index (κ2) is 6.90. The maximum absolute atomic E-state index is 13.0. The number of likely N-dealkylation sites (tertiary alicyclic amines) is 1. The van der Waals surface area contributed by atoms with Crippen molar-refractivity contribution in [2.45, 2.75) is 64.6 Å². The first kappa shape index (κ1) is 19.6. The Labute approximate surface area is 150 Å². The van der Waals surface area contributed by atoms with Crippen LogP contribution in [0.3, 0.4) is 0 Å². The summed E-state index contributed by atoms with van der Waals surface area (Å²) in [6, 6.07) is -0.863. The highest BCUT2D eigenvalue weighted by molar-refractivity contribution is 5.98. The summed E-state index contributed by atoms with van der Waals surface area (Å²) in [5.41, 5.74) is -1.07. The molecule has 2 fully saturated rings. The Bertz CT molecular complexity index is 581. The molecule has 1 unspecified atom stereocenters. The maximum Gasteiger partial charge on any atom is 0.243 e. The van der Waals surface area contributed by atoms with E-state index < -0.39 is 11.6 Å². The first-order chi connectivity index (χ1) is 11.6. The van der Waals surface area contributed by atoms with Crippen LogP contribution < -0.4 is 10.6 Å². The lowest BCUT2D eigenvalue weighted by Gasteiger charge is -2.35. The van der Waals surface area contributed by atoms with Gasteiger partial charge in [-0.1, -0.05) is 26.8 Å². The summed E-state index contributed by atoms with van der Waals surface area (Å²) < 4.78 is 0. The molecule has 0 aromatic carbocycles. The van der Waals surface area contributed by atoms with Gasteiger partial charge in [0.1, 0.15) is 11.6 Å². The molecular weight excluding hydrogens is 318 g/mol. The quantitative estimate of drug-likeness (QED) is 0.708. The number of hydrogen-bond acceptors (Lipinski definition) is 4. The zero-order chi connectivity index (χ0) is 19.0. The number of carbonyl (C=O) groups is 3. The number of ketones is 1. The highest BCUT2D eigenvalue weighted by atomic mass is 16.2. The second-order valence-electron chi connectivity index (χ2n) is 8.34. The molecule has 6 nitrogen and oxygen atoms in total. The first-order valence-corrected chi connectivity index (χ1v) is 9.02. The highest BCUT2D eigenvalue weighted by Gasteiger charge is 2.58. The van der Waals surface area contributed by atoms with Crippen molar-refractivity contribution in [2.75, 3.05) is 13.6 Å². The zero-order valence-corrected chi connectivity index (χ0v) is 16.0. The van der Waals surface area contributed by atoms with E-state index in [9.17, 15) is 14.4 Å². The molecule has 0 bridgehead atoms. The lowest BCUT2D eigenvalue weighted by molar-refractivity contribution is -0.142. The van der Waals surface area contributed by atoms with Gasteiger partial charge < -0.3 is 15.5 Å². The number of rotatable bonds is 6. The van der Waals surface area contributed by atoms with Gasteiger partial charge >= 0.3 is 0 Å². The van der Waals surface area contributed by atoms with E-state index in [1.165, 1.54) is 6.92 Å². The van der Waals surface area contributed by atoms with Crippen LogP contribution >= 0.6 is 0 Å². The van der Waals surface area contributed by atoms with Crippen molar-refractivity contribution in [3.05, 3.63) is 12.7 Å². The summed E-state index contributed by atoms with van der Waals surface area (Å²) in [6.45, 7) is 11.8. The van der Waals surface area contributed by atoms with Gasteiger partial charge in [0.2, 0.25) is 11.8 Å². The highest BCUT2D eigenvalue weighted by Crippen LogP contribution is 2.45. The summed E-state index contributed by atoms with van der Waals surface area (Å²) >= 11 is 0. The molecule has 0 spiro atoms. The Balaban J connectivity index is 2.13. The zero-order valence-electron chi connectivity index (χ0n) is 16.0. The third-order valence-electron chi connectivity index (χ3n) is 5.51. The van der Waals surface area contributed by atoms with E-state index >= 15 is 0 Å². The number of amides is 2. The van der Waals surface area contributed by atoms with Gasteiger partial charge in [-0.05, 0) is 38.6 Å². The Morgan fingerprint density at radius 2 is 1.96 bits per heavy atom. The second-order valence-corrected chi connectivity index (χ2v) is 8.34. The van der Waals surface area contributed by atoms with Crippen molar-refractivity contribution < 1.29 is 14.4 Å². The minimum atomic E-state index is -0.817. The SMILES string of the molecule is C=CC1C[C@]1(NC(=O)[C@@H]1CCCN1C(=O)[C@@H](NC)C(C)(C)C)C(C)=O. The fraction of sp³-hybridized carbons (Fsp3) is 0.737. The Morgan fingerprint density at radius 1 is 1.32 bits per heavy atom. The van der Waals surface area contributed by atoms with E-state index in [2.05, 4.69) is 17.2 Å². The van der Waals surface area contributed by atoms with E-state index in [0.717, 1.165) is 6.42 Å². The molecule has 6 heteroatoms. The van der Waals surface area contributed by atoms with Gasteiger partial charge in [0, 0.05) is 12.5 Å². The van der Waals surface area contributed by atoms with Crippen molar-refractivity contribution in [1.29, 1.82) is 0 Å². The molecule has 0 radical (unpaired) electrons. The molecule has 1 aliphatic carbocycles. The molecule has 2 aliphatic rings. The molecule has 1 saturated carbocycles. The minimum Gasteiger partial charge on any atom is -0.341 e. The summed E-state index contributed by atoms with van der Waals surface area (Å²) in [7, 11) is 1.77. The first-order valence-electron chi connectivity index (χ1n) is 9.02. The summed E-state index contributed by atoms with van der Waals surface area (Å²) in [4.78, 5) is 39.5. The smallest absolute Gasteiger partial charge is 0.243 e. The van der Waals surface area contributed by atoms with Gasteiger partial charge in [0.05, 0.1) is 6.04 Å². The van der Waals surface area contributed by atoms with Gasteiger partial charge in [0.25, 0.3) is 0 Å². The van der Waals surface area contributed by atoms with Crippen LogP contribution in [0.1, 0.15) is 47.0 Å². The minimum absolute atomic E-state index is 0.0147. The predicted molar refractivity (Wildman–Crippen MR) is 96.9 cm³/mol. The van der Waals surface area contributed by atoms with Crippen LogP contribution in [0.4, 0.5) is 0 Å². The fourth-order valence-corrected chi connectivity index (χ4v) is 3.91. The molecular formula is C19H31N3O3. The van der Waals surface area contributed by atoms with E-state index in [1.54, 1.807) is 18.0 Å². The van der Waals surface area contributed by atoms with Gasteiger partial charge in [-0.3, -0.25) is 14.4 Å². The molecule has 2 amide bonds. The molecule has 1 saturated heterocycles. The third kappa shape index (κ3) is 3.64. The Morgan fingerprint density at radius 3 is 2.40 bits per heavy atom. The topological polar surface area (TPSA) is 78.5 Å². The monoisotopic (exact) mass is 349 g/mol.